The minimum Gasteiger partial charge on any atom is -0.314 e. The van der Waals surface area contributed by atoms with Gasteiger partial charge in [-0.2, -0.15) is 0 Å². The molecule has 108 valence electrons. The van der Waals surface area contributed by atoms with Crippen molar-refractivity contribution in [1.29, 1.82) is 0 Å². The summed E-state index contributed by atoms with van der Waals surface area (Å²) < 4.78 is 23.7. The van der Waals surface area contributed by atoms with Crippen LogP contribution in [0.5, 0.6) is 0 Å². The Balaban J connectivity index is 2.66. The first-order valence-electron chi connectivity index (χ1n) is 6.57. The van der Waals surface area contributed by atoms with Crippen LogP contribution in [0.2, 0.25) is 0 Å². The molecule has 1 aromatic rings. The van der Waals surface area contributed by atoms with Crippen LogP contribution in [0.25, 0.3) is 0 Å². The monoisotopic (exact) mass is 347 g/mol. The molecule has 1 aromatic carbocycles. The van der Waals surface area contributed by atoms with E-state index in [1.165, 1.54) is 11.8 Å². The largest absolute Gasteiger partial charge is 0.314 e. The lowest BCUT2D eigenvalue weighted by atomic mass is 10.0. The van der Waals surface area contributed by atoms with Gasteiger partial charge in [-0.3, -0.25) is 0 Å². The first-order valence-corrected chi connectivity index (χ1v) is 9.42. The van der Waals surface area contributed by atoms with Crippen molar-refractivity contribution in [1.82, 2.24) is 5.32 Å². The third kappa shape index (κ3) is 7.09. The van der Waals surface area contributed by atoms with Crippen LogP contribution in [-0.2, 0) is 16.3 Å². The second-order valence-electron chi connectivity index (χ2n) is 4.87. The molecule has 1 N–H and O–H groups in total. The number of benzene rings is 1. The van der Waals surface area contributed by atoms with E-state index in [1.54, 1.807) is 0 Å². The fraction of sp³-hybridized carbons (Fsp3) is 0.571. The van der Waals surface area contributed by atoms with Gasteiger partial charge < -0.3 is 5.32 Å². The minimum absolute atomic E-state index is 0.202. The maximum absolute atomic E-state index is 11.3. The Hall–Kier alpha value is -0.390. The van der Waals surface area contributed by atoms with Crippen LogP contribution in [0.3, 0.4) is 0 Å². The second kappa shape index (κ2) is 8.02. The van der Waals surface area contributed by atoms with Gasteiger partial charge in [0.15, 0.2) is 0 Å². The van der Waals surface area contributed by atoms with E-state index in [9.17, 15) is 8.42 Å². The van der Waals surface area contributed by atoms with Crippen molar-refractivity contribution in [2.24, 2.45) is 0 Å². The van der Waals surface area contributed by atoms with E-state index in [0.29, 0.717) is 6.42 Å². The van der Waals surface area contributed by atoms with E-state index in [2.05, 4.69) is 34.2 Å². The second-order valence-corrected chi connectivity index (χ2v) is 7.98. The zero-order valence-electron chi connectivity index (χ0n) is 11.5. The van der Waals surface area contributed by atoms with Gasteiger partial charge in [0.2, 0.25) is 0 Å². The van der Waals surface area contributed by atoms with Crippen LogP contribution in [0.1, 0.15) is 25.3 Å². The summed E-state index contributed by atoms with van der Waals surface area (Å²) in [5.41, 5.74) is 1.21. The maximum Gasteiger partial charge on any atom is 0.147 e. The number of hydrogen-bond acceptors (Lipinski definition) is 3. The standard InChI is InChI=1S/C14H22BrNO2S/c1-3-9-16-13(8-10-19(2,17)18)11-12-6-4-5-7-14(12)15/h4-7,13,16H,3,8-11H2,1-2H3. The van der Waals surface area contributed by atoms with E-state index in [-0.39, 0.29) is 11.8 Å². The highest BCUT2D eigenvalue weighted by molar-refractivity contribution is 9.10. The summed E-state index contributed by atoms with van der Waals surface area (Å²) in [6.07, 6.45) is 3.84. The molecule has 5 heteroatoms. The van der Waals surface area contributed by atoms with Crippen LogP contribution in [0.4, 0.5) is 0 Å². The van der Waals surface area contributed by atoms with Crippen molar-refractivity contribution >= 4 is 25.8 Å². The summed E-state index contributed by atoms with van der Waals surface area (Å²) in [5.74, 6) is 0.235. The van der Waals surface area contributed by atoms with Crippen LogP contribution in [0, 0.1) is 0 Å². The molecule has 0 aromatic heterocycles. The molecule has 1 unspecified atom stereocenters. The molecule has 0 aliphatic rings. The van der Waals surface area contributed by atoms with E-state index in [1.807, 2.05) is 18.2 Å². The number of nitrogens with one attached hydrogen (secondary N) is 1. The first-order chi connectivity index (χ1) is 8.92. The molecule has 0 bridgehead atoms. The molecule has 19 heavy (non-hydrogen) atoms. The predicted octanol–water partition coefficient (Wildman–Crippen LogP) is 2.79. The van der Waals surface area contributed by atoms with Gasteiger partial charge in [-0.15, -0.1) is 0 Å². The number of sulfone groups is 1. The summed E-state index contributed by atoms with van der Waals surface area (Å²) in [4.78, 5) is 0. The molecular weight excluding hydrogens is 326 g/mol. The third-order valence-electron chi connectivity index (χ3n) is 2.94. The zero-order valence-corrected chi connectivity index (χ0v) is 13.9. The Morgan fingerprint density at radius 2 is 2.00 bits per heavy atom. The van der Waals surface area contributed by atoms with Gasteiger partial charge in [0, 0.05) is 16.8 Å². The van der Waals surface area contributed by atoms with Crippen LogP contribution in [-0.4, -0.2) is 33.0 Å². The first kappa shape index (κ1) is 16.7. The maximum atomic E-state index is 11.3. The van der Waals surface area contributed by atoms with Crippen molar-refractivity contribution in [2.75, 3.05) is 18.6 Å². The molecule has 3 nitrogen and oxygen atoms in total. The average molecular weight is 348 g/mol. The van der Waals surface area contributed by atoms with Crippen LogP contribution < -0.4 is 5.32 Å². The Labute approximate surface area is 124 Å². The summed E-state index contributed by atoms with van der Waals surface area (Å²) in [6.45, 7) is 3.03. The van der Waals surface area contributed by atoms with Gasteiger partial charge >= 0.3 is 0 Å². The number of rotatable bonds is 8. The van der Waals surface area contributed by atoms with Crippen molar-refractivity contribution in [2.45, 2.75) is 32.2 Å². The quantitative estimate of drug-likeness (QED) is 0.786. The summed E-state index contributed by atoms with van der Waals surface area (Å²) in [6, 6.07) is 8.29. The molecule has 1 atom stereocenters. The van der Waals surface area contributed by atoms with E-state index < -0.39 is 9.84 Å². The molecule has 0 saturated carbocycles. The Morgan fingerprint density at radius 3 is 2.58 bits per heavy atom. The Bertz CT molecular complexity index is 488. The lowest BCUT2D eigenvalue weighted by Gasteiger charge is -2.19. The lowest BCUT2D eigenvalue weighted by molar-refractivity contribution is 0.491. The highest BCUT2D eigenvalue weighted by Gasteiger charge is 2.13. The Morgan fingerprint density at radius 1 is 1.32 bits per heavy atom. The number of halogens is 1. The lowest BCUT2D eigenvalue weighted by Crippen LogP contribution is -2.33. The van der Waals surface area contributed by atoms with Crippen LogP contribution >= 0.6 is 15.9 Å². The van der Waals surface area contributed by atoms with Gasteiger partial charge in [-0.25, -0.2) is 8.42 Å². The van der Waals surface area contributed by atoms with Gasteiger partial charge in [0.25, 0.3) is 0 Å². The highest BCUT2D eigenvalue weighted by atomic mass is 79.9. The molecule has 0 saturated heterocycles. The van der Waals surface area contributed by atoms with E-state index >= 15 is 0 Å². The van der Waals surface area contributed by atoms with Gasteiger partial charge in [-0.1, -0.05) is 41.1 Å². The molecule has 1 rings (SSSR count). The summed E-state index contributed by atoms with van der Waals surface area (Å²) in [5, 5.41) is 3.43. The van der Waals surface area contributed by atoms with Gasteiger partial charge in [0.05, 0.1) is 5.75 Å². The van der Waals surface area contributed by atoms with E-state index in [0.717, 1.165) is 23.9 Å². The molecule has 0 radical (unpaired) electrons. The normalized spacial score (nSPS) is 13.4. The molecule has 0 heterocycles. The SMILES string of the molecule is CCCNC(CCS(C)(=O)=O)Cc1ccccc1Br. The van der Waals surface area contributed by atoms with Crippen LogP contribution in [0.15, 0.2) is 28.7 Å². The zero-order chi connectivity index (χ0) is 14.3. The highest BCUT2D eigenvalue weighted by Crippen LogP contribution is 2.18. The average Bonchev–Trinajstić information content (AvgIpc) is 2.34. The van der Waals surface area contributed by atoms with Crippen molar-refractivity contribution in [3.05, 3.63) is 34.3 Å². The molecule has 0 aliphatic heterocycles. The van der Waals surface area contributed by atoms with Crippen molar-refractivity contribution < 1.29 is 8.42 Å². The fourth-order valence-electron chi connectivity index (χ4n) is 1.91. The van der Waals surface area contributed by atoms with E-state index in [4.69, 9.17) is 0 Å². The smallest absolute Gasteiger partial charge is 0.147 e. The summed E-state index contributed by atoms with van der Waals surface area (Å²) in [7, 11) is -2.90. The van der Waals surface area contributed by atoms with Gasteiger partial charge in [0.1, 0.15) is 9.84 Å². The summed E-state index contributed by atoms with van der Waals surface area (Å²) >= 11 is 3.54. The van der Waals surface area contributed by atoms with Crippen molar-refractivity contribution in [3.63, 3.8) is 0 Å². The molecule has 0 amide bonds. The topological polar surface area (TPSA) is 46.2 Å². The fourth-order valence-corrected chi connectivity index (χ4v) is 3.07. The molecular formula is C14H22BrNO2S. The predicted molar refractivity (Wildman–Crippen MR) is 84.3 cm³/mol. The van der Waals surface area contributed by atoms with Crippen molar-refractivity contribution in [3.8, 4) is 0 Å². The molecule has 0 spiro atoms. The van der Waals surface area contributed by atoms with Gasteiger partial charge in [-0.05, 0) is 37.4 Å². The minimum atomic E-state index is -2.90. The number of hydrogen-bond donors (Lipinski definition) is 1. The molecule has 0 fully saturated rings. The Kier molecular flexibility index (Phi) is 7.04. The third-order valence-corrected chi connectivity index (χ3v) is 4.70. The molecule has 0 aliphatic carbocycles.